The molecule has 0 aliphatic heterocycles. The number of halogens is 1. The predicted octanol–water partition coefficient (Wildman–Crippen LogP) is 4.48. The highest BCUT2D eigenvalue weighted by molar-refractivity contribution is 6.30. The quantitative estimate of drug-likeness (QED) is 0.452. The number of nitrogens with one attached hydrogen (secondary N) is 1. The summed E-state index contributed by atoms with van der Waals surface area (Å²) in [6, 6.07) is 16.8. The Morgan fingerprint density at radius 1 is 1.12 bits per heavy atom. The average molecular weight is 355 g/mol. The molecule has 0 saturated heterocycles. The molecule has 2 aromatic rings. The number of hydrazone groups is 1. The minimum atomic E-state index is -0.331. The van der Waals surface area contributed by atoms with Crippen LogP contribution in [0.4, 0.5) is 0 Å². The van der Waals surface area contributed by atoms with E-state index in [4.69, 9.17) is 16.3 Å². The van der Waals surface area contributed by atoms with Gasteiger partial charge in [0.25, 0.3) is 5.91 Å². The summed E-state index contributed by atoms with van der Waals surface area (Å²) in [7, 11) is 0. The molecule has 0 unspecified atom stereocenters. The molecule has 1 amide bonds. The monoisotopic (exact) mass is 354 g/mol. The number of ether oxygens (including phenoxy) is 1. The van der Waals surface area contributed by atoms with Crippen LogP contribution in [0.25, 0.3) is 6.08 Å². The summed E-state index contributed by atoms with van der Waals surface area (Å²) in [5.74, 6) is 0.244. The molecule has 0 spiro atoms. The number of hydrogen-bond donors (Lipinski definition) is 1. The predicted molar refractivity (Wildman–Crippen MR) is 103 cm³/mol. The molecule has 128 valence electrons. The molecule has 0 aliphatic rings. The van der Waals surface area contributed by atoms with Crippen LogP contribution in [0, 0.1) is 0 Å². The maximum atomic E-state index is 11.7. The summed E-state index contributed by atoms with van der Waals surface area (Å²) in [4.78, 5) is 11.7. The Balaban J connectivity index is 1.74. The van der Waals surface area contributed by atoms with Crippen molar-refractivity contribution >= 4 is 29.3 Å². The standard InChI is InChI=1S/C20H19ClN2O2/c1-16(7-5-6-10-17-8-3-2-4-9-17)22-23-20(24)15-25-19-13-11-18(21)12-14-19/h2-14H,15H2,1H3,(H,23,24)/b7-5+,10-6-,22-16?. The third-order valence-corrected chi connectivity index (χ3v) is 3.33. The lowest BCUT2D eigenvalue weighted by molar-refractivity contribution is -0.123. The first kappa shape index (κ1) is 18.5. The normalized spacial score (nSPS) is 11.8. The van der Waals surface area contributed by atoms with Gasteiger partial charge in [0.15, 0.2) is 6.61 Å². The lowest BCUT2D eigenvalue weighted by Crippen LogP contribution is -2.25. The molecule has 0 aromatic heterocycles. The molecule has 1 N–H and O–H groups in total. The highest BCUT2D eigenvalue weighted by Crippen LogP contribution is 2.15. The first-order valence-corrected chi connectivity index (χ1v) is 8.12. The molecule has 0 heterocycles. The van der Waals surface area contributed by atoms with Gasteiger partial charge in [-0.3, -0.25) is 4.79 Å². The van der Waals surface area contributed by atoms with Crippen molar-refractivity contribution in [1.29, 1.82) is 0 Å². The van der Waals surface area contributed by atoms with Crippen LogP contribution in [0.3, 0.4) is 0 Å². The van der Waals surface area contributed by atoms with Gasteiger partial charge in [0, 0.05) is 5.02 Å². The van der Waals surface area contributed by atoms with Gasteiger partial charge in [0.2, 0.25) is 0 Å². The van der Waals surface area contributed by atoms with E-state index in [-0.39, 0.29) is 12.5 Å². The van der Waals surface area contributed by atoms with Gasteiger partial charge in [-0.15, -0.1) is 0 Å². The van der Waals surface area contributed by atoms with Crippen molar-refractivity contribution in [3.8, 4) is 5.75 Å². The number of benzene rings is 2. The largest absolute Gasteiger partial charge is 0.484 e. The van der Waals surface area contributed by atoms with Crippen molar-refractivity contribution in [3.63, 3.8) is 0 Å². The van der Waals surface area contributed by atoms with Crippen LogP contribution in [0.15, 0.2) is 77.9 Å². The minimum Gasteiger partial charge on any atom is -0.484 e. The van der Waals surface area contributed by atoms with Gasteiger partial charge in [0.1, 0.15) is 5.75 Å². The highest BCUT2D eigenvalue weighted by Gasteiger charge is 2.01. The van der Waals surface area contributed by atoms with Crippen molar-refractivity contribution in [2.75, 3.05) is 6.61 Å². The molecule has 0 radical (unpaired) electrons. The van der Waals surface area contributed by atoms with Crippen molar-refractivity contribution in [2.45, 2.75) is 6.92 Å². The number of rotatable bonds is 7. The van der Waals surface area contributed by atoms with Gasteiger partial charge in [0.05, 0.1) is 5.71 Å². The zero-order chi connectivity index (χ0) is 17.9. The SMILES string of the molecule is CC(/C=C/C=C\c1ccccc1)=NNC(=O)COc1ccc(Cl)cc1. The zero-order valence-electron chi connectivity index (χ0n) is 13.9. The molecule has 2 rings (SSSR count). The minimum absolute atomic E-state index is 0.115. The van der Waals surface area contributed by atoms with E-state index in [1.54, 1.807) is 37.3 Å². The van der Waals surface area contributed by atoms with Crippen LogP contribution in [0.1, 0.15) is 12.5 Å². The van der Waals surface area contributed by atoms with E-state index in [1.165, 1.54) is 0 Å². The number of nitrogens with zero attached hydrogens (tertiary/aromatic N) is 1. The van der Waals surface area contributed by atoms with Crippen LogP contribution in [0.2, 0.25) is 5.02 Å². The van der Waals surface area contributed by atoms with Gasteiger partial charge in [-0.25, -0.2) is 5.43 Å². The summed E-state index contributed by atoms with van der Waals surface area (Å²) in [5.41, 5.74) is 4.24. The van der Waals surface area contributed by atoms with E-state index in [9.17, 15) is 4.79 Å². The maximum absolute atomic E-state index is 11.7. The number of carbonyl (C=O) groups excluding carboxylic acids is 1. The highest BCUT2D eigenvalue weighted by atomic mass is 35.5. The topological polar surface area (TPSA) is 50.7 Å². The van der Waals surface area contributed by atoms with E-state index in [0.29, 0.717) is 16.5 Å². The number of carbonyl (C=O) groups is 1. The third-order valence-electron chi connectivity index (χ3n) is 3.08. The summed E-state index contributed by atoms with van der Waals surface area (Å²) in [5, 5.41) is 4.61. The lowest BCUT2D eigenvalue weighted by atomic mass is 10.2. The van der Waals surface area contributed by atoms with Crippen molar-refractivity contribution in [3.05, 3.63) is 83.4 Å². The molecule has 25 heavy (non-hydrogen) atoms. The summed E-state index contributed by atoms with van der Waals surface area (Å²) >= 11 is 5.78. The molecule has 0 atom stereocenters. The van der Waals surface area contributed by atoms with Crippen molar-refractivity contribution < 1.29 is 9.53 Å². The van der Waals surface area contributed by atoms with E-state index >= 15 is 0 Å². The third kappa shape index (κ3) is 7.50. The van der Waals surface area contributed by atoms with Crippen molar-refractivity contribution in [2.24, 2.45) is 5.10 Å². The molecule has 0 fully saturated rings. The van der Waals surface area contributed by atoms with Crippen LogP contribution >= 0.6 is 11.6 Å². The van der Waals surface area contributed by atoms with Gasteiger partial charge < -0.3 is 4.74 Å². The first-order chi connectivity index (χ1) is 12.1. The van der Waals surface area contributed by atoms with Gasteiger partial charge in [-0.2, -0.15) is 5.10 Å². The molecule has 0 bridgehead atoms. The van der Waals surface area contributed by atoms with Crippen LogP contribution in [-0.2, 0) is 4.79 Å². The van der Waals surface area contributed by atoms with Crippen molar-refractivity contribution in [1.82, 2.24) is 5.43 Å². The van der Waals surface area contributed by atoms with E-state index in [0.717, 1.165) is 5.56 Å². The van der Waals surface area contributed by atoms with Crippen LogP contribution in [-0.4, -0.2) is 18.2 Å². The maximum Gasteiger partial charge on any atom is 0.277 e. The van der Waals surface area contributed by atoms with Crippen LogP contribution in [0.5, 0.6) is 5.75 Å². The molecule has 5 heteroatoms. The molecular formula is C20H19ClN2O2. The molecule has 0 saturated carbocycles. The average Bonchev–Trinajstić information content (AvgIpc) is 2.64. The van der Waals surface area contributed by atoms with E-state index in [2.05, 4.69) is 10.5 Å². The Hall–Kier alpha value is -2.85. The second kappa shape index (κ2) is 10.1. The van der Waals surface area contributed by atoms with Crippen LogP contribution < -0.4 is 10.2 Å². The Morgan fingerprint density at radius 2 is 1.84 bits per heavy atom. The summed E-state index contributed by atoms with van der Waals surface area (Å²) < 4.78 is 5.33. The molecule has 0 aliphatic carbocycles. The second-order valence-electron chi connectivity index (χ2n) is 5.16. The smallest absolute Gasteiger partial charge is 0.277 e. The van der Waals surface area contributed by atoms with E-state index < -0.39 is 0 Å². The fourth-order valence-corrected chi connectivity index (χ4v) is 1.95. The Labute approximate surface area is 152 Å². The first-order valence-electron chi connectivity index (χ1n) is 7.75. The number of hydrogen-bond acceptors (Lipinski definition) is 3. The fraction of sp³-hybridized carbons (Fsp3) is 0.100. The summed E-state index contributed by atoms with van der Waals surface area (Å²) in [6.45, 7) is 1.68. The molecular weight excluding hydrogens is 336 g/mol. The Morgan fingerprint density at radius 3 is 2.56 bits per heavy atom. The molecule has 4 nitrogen and oxygen atoms in total. The molecule has 2 aromatic carbocycles. The summed E-state index contributed by atoms with van der Waals surface area (Å²) in [6.07, 6.45) is 7.57. The van der Waals surface area contributed by atoms with Gasteiger partial charge in [-0.1, -0.05) is 60.2 Å². The van der Waals surface area contributed by atoms with Gasteiger partial charge >= 0.3 is 0 Å². The number of allylic oxidation sites excluding steroid dienone is 3. The Kier molecular flexibility index (Phi) is 7.47. The zero-order valence-corrected chi connectivity index (χ0v) is 14.6. The lowest BCUT2D eigenvalue weighted by Gasteiger charge is -2.05. The number of amides is 1. The second-order valence-corrected chi connectivity index (χ2v) is 5.60. The Bertz CT molecular complexity index is 766. The fourth-order valence-electron chi connectivity index (χ4n) is 1.83. The van der Waals surface area contributed by atoms with Gasteiger partial charge in [-0.05, 0) is 42.8 Å². The van der Waals surface area contributed by atoms with E-state index in [1.807, 2.05) is 48.6 Å².